The summed E-state index contributed by atoms with van der Waals surface area (Å²) in [6.45, 7) is -0.160. The molecule has 2 aromatic rings. The van der Waals surface area contributed by atoms with Crippen LogP contribution in [0.3, 0.4) is 0 Å². The first-order valence-electron chi connectivity index (χ1n) is 7.67. The summed E-state index contributed by atoms with van der Waals surface area (Å²) in [4.78, 5) is 23.2. The molecule has 24 heavy (non-hydrogen) atoms. The molecule has 0 spiro atoms. The van der Waals surface area contributed by atoms with Crippen LogP contribution in [0.5, 0.6) is 11.5 Å². The Morgan fingerprint density at radius 2 is 2.04 bits per heavy atom. The average Bonchev–Trinajstić information content (AvgIpc) is 2.98. The maximum absolute atomic E-state index is 12.1. The standard InChI is InChI=1S/C18H18N2O4/c19-18(23)11-3-1-4-12(9-11)24-10-17(22)20-15-8-7-14-13(15)5-2-6-16(14)21/h1-6,9,15,21H,7-8,10H2,(H2,19,23)(H,20,22)/t15-/m0/s1. The number of ether oxygens (including phenoxy) is 1. The predicted octanol–water partition coefficient (Wildman–Crippen LogP) is 1.67. The lowest BCUT2D eigenvalue weighted by Crippen LogP contribution is -2.31. The zero-order valence-electron chi connectivity index (χ0n) is 13.0. The molecule has 4 N–H and O–H groups in total. The van der Waals surface area contributed by atoms with E-state index < -0.39 is 5.91 Å². The van der Waals surface area contributed by atoms with E-state index in [0.29, 0.717) is 11.3 Å². The number of fused-ring (bicyclic) bond motifs is 1. The van der Waals surface area contributed by atoms with E-state index in [0.717, 1.165) is 24.0 Å². The van der Waals surface area contributed by atoms with Gasteiger partial charge in [-0.3, -0.25) is 9.59 Å². The van der Waals surface area contributed by atoms with Gasteiger partial charge in [0, 0.05) is 5.56 Å². The van der Waals surface area contributed by atoms with Crippen LogP contribution >= 0.6 is 0 Å². The summed E-state index contributed by atoms with van der Waals surface area (Å²) < 4.78 is 5.41. The van der Waals surface area contributed by atoms with Crippen molar-refractivity contribution in [1.29, 1.82) is 0 Å². The smallest absolute Gasteiger partial charge is 0.258 e. The van der Waals surface area contributed by atoms with E-state index in [1.165, 1.54) is 6.07 Å². The minimum absolute atomic E-state index is 0.125. The highest BCUT2D eigenvalue weighted by Crippen LogP contribution is 2.36. The molecule has 0 bridgehead atoms. The number of hydrogen-bond donors (Lipinski definition) is 3. The number of aromatic hydroxyl groups is 1. The molecule has 1 atom stereocenters. The van der Waals surface area contributed by atoms with Crippen LogP contribution < -0.4 is 15.8 Å². The highest BCUT2D eigenvalue weighted by molar-refractivity contribution is 5.93. The number of carbonyl (C=O) groups excluding carboxylic acids is 2. The lowest BCUT2D eigenvalue weighted by atomic mass is 10.1. The number of rotatable bonds is 5. The molecular formula is C18H18N2O4. The fraction of sp³-hybridized carbons (Fsp3) is 0.222. The Balaban J connectivity index is 1.59. The van der Waals surface area contributed by atoms with Crippen molar-refractivity contribution in [1.82, 2.24) is 5.32 Å². The molecule has 0 heterocycles. The fourth-order valence-corrected chi connectivity index (χ4v) is 2.91. The molecule has 0 radical (unpaired) electrons. The molecule has 124 valence electrons. The van der Waals surface area contributed by atoms with Crippen molar-refractivity contribution < 1.29 is 19.4 Å². The van der Waals surface area contributed by atoms with Gasteiger partial charge in [0.05, 0.1) is 6.04 Å². The van der Waals surface area contributed by atoms with Gasteiger partial charge in [0.2, 0.25) is 5.91 Å². The van der Waals surface area contributed by atoms with E-state index in [4.69, 9.17) is 10.5 Å². The maximum Gasteiger partial charge on any atom is 0.258 e. The number of phenolic OH excluding ortho intramolecular Hbond substituents is 1. The maximum atomic E-state index is 12.1. The number of nitrogens with one attached hydrogen (secondary N) is 1. The average molecular weight is 326 g/mol. The summed E-state index contributed by atoms with van der Waals surface area (Å²) in [6.07, 6.45) is 1.48. The molecule has 6 heteroatoms. The van der Waals surface area contributed by atoms with E-state index in [2.05, 4.69) is 5.32 Å². The summed E-state index contributed by atoms with van der Waals surface area (Å²) in [5.74, 6) is -0.136. The van der Waals surface area contributed by atoms with Gasteiger partial charge in [0.1, 0.15) is 11.5 Å². The Kier molecular flexibility index (Phi) is 4.37. The zero-order chi connectivity index (χ0) is 17.1. The zero-order valence-corrected chi connectivity index (χ0v) is 13.0. The number of amides is 2. The van der Waals surface area contributed by atoms with Crippen molar-refractivity contribution in [2.45, 2.75) is 18.9 Å². The highest BCUT2D eigenvalue weighted by Gasteiger charge is 2.25. The van der Waals surface area contributed by atoms with Gasteiger partial charge in [-0.25, -0.2) is 0 Å². The van der Waals surface area contributed by atoms with Crippen LogP contribution in [-0.4, -0.2) is 23.5 Å². The summed E-state index contributed by atoms with van der Waals surface area (Å²) in [6, 6.07) is 11.6. The van der Waals surface area contributed by atoms with Crippen molar-refractivity contribution in [3.8, 4) is 11.5 Å². The summed E-state index contributed by atoms with van der Waals surface area (Å²) in [5, 5.41) is 12.7. The van der Waals surface area contributed by atoms with Crippen LogP contribution in [-0.2, 0) is 11.2 Å². The molecule has 2 aromatic carbocycles. The molecule has 6 nitrogen and oxygen atoms in total. The van der Waals surface area contributed by atoms with Crippen LogP contribution in [0.1, 0.15) is 33.9 Å². The van der Waals surface area contributed by atoms with Crippen molar-refractivity contribution in [2.75, 3.05) is 6.61 Å². The normalized spacial score (nSPS) is 15.6. The molecular weight excluding hydrogens is 308 g/mol. The molecule has 2 amide bonds. The van der Waals surface area contributed by atoms with Crippen LogP contribution in [0.2, 0.25) is 0 Å². The number of nitrogens with two attached hydrogens (primary N) is 1. The minimum Gasteiger partial charge on any atom is -0.508 e. The molecule has 0 aliphatic heterocycles. The second-order valence-electron chi connectivity index (χ2n) is 5.68. The SMILES string of the molecule is NC(=O)c1cccc(OCC(=O)N[C@H]2CCc3c(O)cccc32)c1. The van der Waals surface area contributed by atoms with Gasteiger partial charge < -0.3 is 20.9 Å². The molecule has 0 fully saturated rings. The van der Waals surface area contributed by atoms with E-state index >= 15 is 0 Å². The summed E-state index contributed by atoms with van der Waals surface area (Å²) in [7, 11) is 0. The van der Waals surface area contributed by atoms with Crippen molar-refractivity contribution in [2.24, 2.45) is 5.73 Å². The fourth-order valence-electron chi connectivity index (χ4n) is 2.91. The number of hydrogen-bond acceptors (Lipinski definition) is 4. The van der Waals surface area contributed by atoms with Crippen LogP contribution in [0, 0.1) is 0 Å². The van der Waals surface area contributed by atoms with E-state index in [9.17, 15) is 14.7 Å². The third-order valence-electron chi connectivity index (χ3n) is 4.07. The van der Waals surface area contributed by atoms with Crippen LogP contribution in [0.25, 0.3) is 0 Å². The van der Waals surface area contributed by atoms with E-state index in [-0.39, 0.29) is 24.3 Å². The Morgan fingerprint density at radius 1 is 1.25 bits per heavy atom. The van der Waals surface area contributed by atoms with Gasteiger partial charge in [-0.15, -0.1) is 0 Å². The number of phenols is 1. The third-order valence-corrected chi connectivity index (χ3v) is 4.07. The molecule has 1 aliphatic rings. The topological polar surface area (TPSA) is 102 Å². The van der Waals surface area contributed by atoms with Crippen molar-refractivity contribution in [3.05, 3.63) is 59.2 Å². The van der Waals surface area contributed by atoms with Gasteiger partial charge in [-0.2, -0.15) is 0 Å². The highest BCUT2D eigenvalue weighted by atomic mass is 16.5. The Morgan fingerprint density at radius 3 is 2.83 bits per heavy atom. The molecule has 3 rings (SSSR count). The molecule has 0 saturated heterocycles. The van der Waals surface area contributed by atoms with Crippen LogP contribution in [0.15, 0.2) is 42.5 Å². The van der Waals surface area contributed by atoms with Crippen molar-refractivity contribution >= 4 is 11.8 Å². The first kappa shape index (κ1) is 15.9. The third kappa shape index (κ3) is 3.32. The van der Waals surface area contributed by atoms with Gasteiger partial charge in [0.15, 0.2) is 6.61 Å². The summed E-state index contributed by atoms with van der Waals surface area (Å²) >= 11 is 0. The number of benzene rings is 2. The Hall–Kier alpha value is -3.02. The van der Waals surface area contributed by atoms with Gasteiger partial charge in [-0.05, 0) is 48.2 Å². The Bertz CT molecular complexity index is 788. The number of primary amides is 1. The van der Waals surface area contributed by atoms with Gasteiger partial charge >= 0.3 is 0 Å². The van der Waals surface area contributed by atoms with Crippen molar-refractivity contribution in [3.63, 3.8) is 0 Å². The lowest BCUT2D eigenvalue weighted by molar-refractivity contribution is -0.123. The second-order valence-corrected chi connectivity index (χ2v) is 5.68. The predicted molar refractivity (Wildman–Crippen MR) is 87.8 cm³/mol. The summed E-state index contributed by atoms with van der Waals surface area (Å²) in [5.41, 5.74) is 7.37. The van der Waals surface area contributed by atoms with E-state index in [1.54, 1.807) is 30.3 Å². The Labute approximate surface area is 139 Å². The first-order valence-corrected chi connectivity index (χ1v) is 7.67. The molecule has 0 aromatic heterocycles. The lowest BCUT2D eigenvalue weighted by Gasteiger charge is -2.15. The number of carbonyl (C=O) groups is 2. The molecule has 0 saturated carbocycles. The largest absolute Gasteiger partial charge is 0.508 e. The van der Waals surface area contributed by atoms with E-state index in [1.807, 2.05) is 6.07 Å². The molecule has 0 unspecified atom stereocenters. The quantitative estimate of drug-likeness (QED) is 0.778. The second kappa shape index (κ2) is 6.62. The van der Waals surface area contributed by atoms with Crippen LogP contribution in [0.4, 0.5) is 0 Å². The molecule has 1 aliphatic carbocycles. The minimum atomic E-state index is -0.549. The monoisotopic (exact) mass is 326 g/mol. The first-order chi connectivity index (χ1) is 11.5. The van der Waals surface area contributed by atoms with Gasteiger partial charge in [0.25, 0.3) is 5.91 Å². The van der Waals surface area contributed by atoms with Gasteiger partial charge in [-0.1, -0.05) is 18.2 Å².